The van der Waals surface area contributed by atoms with Crippen molar-refractivity contribution in [2.45, 2.75) is 25.5 Å². The Hall–Kier alpha value is -2.87. The number of amides is 1. The number of aliphatic imine (C=N–C) groups is 1. The van der Waals surface area contributed by atoms with Gasteiger partial charge in [-0.2, -0.15) is 8.78 Å². The first-order valence-corrected chi connectivity index (χ1v) is 9.29. The molecule has 0 fully saturated rings. The molecule has 1 amide bonds. The van der Waals surface area contributed by atoms with E-state index in [0.29, 0.717) is 23.5 Å². The summed E-state index contributed by atoms with van der Waals surface area (Å²) in [5, 5.41) is -0.0725. The first-order chi connectivity index (χ1) is 13.8. The van der Waals surface area contributed by atoms with Gasteiger partial charge in [-0.1, -0.05) is 36.7 Å². The Morgan fingerprint density at radius 2 is 1.97 bits per heavy atom. The van der Waals surface area contributed by atoms with Crippen LogP contribution in [-0.4, -0.2) is 37.0 Å². The van der Waals surface area contributed by atoms with Crippen molar-refractivity contribution in [2.24, 2.45) is 10.7 Å². The molecule has 0 saturated carbocycles. The lowest BCUT2D eigenvalue weighted by Crippen LogP contribution is -2.41. The van der Waals surface area contributed by atoms with Gasteiger partial charge in [0, 0.05) is 7.05 Å². The Bertz CT molecular complexity index is 954. The van der Waals surface area contributed by atoms with Crippen LogP contribution in [0.1, 0.15) is 24.5 Å². The van der Waals surface area contributed by atoms with E-state index in [0.717, 1.165) is 6.42 Å². The van der Waals surface area contributed by atoms with Gasteiger partial charge in [0.1, 0.15) is 11.5 Å². The molecule has 0 bridgehead atoms. The highest BCUT2D eigenvalue weighted by Crippen LogP contribution is 2.42. The van der Waals surface area contributed by atoms with Gasteiger partial charge in [0.05, 0.1) is 11.6 Å². The van der Waals surface area contributed by atoms with E-state index in [1.54, 1.807) is 24.3 Å². The van der Waals surface area contributed by atoms with Crippen LogP contribution in [0.3, 0.4) is 0 Å². The van der Waals surface area contributed by atoms with Crippen LogP contribution in [0.15, 0.2) is 47.5 Å². The van der Waals surface area contributed by atoms with E-state index in [9.17, 15) is 13.6 Å². The fourth-order valence-electron chi connectivity index (χ4n) is 3.13. The highest BCUT2D eigenvalue weighted by molar-refractivity contribution is 6.32. The summed E-state index contributed by atoms with van der Waals surface area (Å²) < 4.78 is 35.2. The van der Waals surface area contributed by atoms with E-state index >= 15 is 0 Å². The van der Waals surface area contributed by atoms with Crippen molar-refractivity contribution in [3.8, 4) is 11.5 Å². The summed E-state index contributed by atoms with van der Waals surface area (Å²) in [6.07, 6.45) is 0.823. The molecule has 0 radical (unpaired) electrons. The quantitative estimate of drug-likeness (QED) is 0.735. The lowest BCUT2D eigenvalue weighted by Gasteiger charge is -2.27. The number of likely N-dealkylation sites (N-methyl/N-ethyl adjacent to an activating group) is 1. The molecule has 6 nitrogen and oxygen atoms in total. The molecule has 1 aliphatic rings. The minimum absolute atomic E-state index is 0.0268. The standard InChI is InChI=1S/C20H20ClF2N3O3/c1-3-9-28-14-6-4-5-12(10-14)20(17(27)26(2)19(24)25-20)13-7-8-16(15(21)11-13)29-18(22)23/h4-8,10-11,18H,3,9H2,1-2H3,(H2,24,25). The first kappa shape index (κ1) is 20.9. The number of rotatable bonds is 7. The third-order valence-electron chi connectivity index (χ3n) is 4.53. The molecule has 154 valence electrons. The maximum Gasteiger partial charge on any atom is 0.387 e. The van der Waals surface area contributed by atoms with Crippen molar-refractivity contribution < 1.29 is 23.0 Å². The molecule has 29 heavy (non-hydrogen) atoms. The number of guanidine groups is 1. The minimum atomic E-state index is -3.02. The molecular weight excluding hydrogens is 404 g/mol. The number of carbonyl (C=O) groups is 1. The molecule has 1 unspecified atom stereocenters. The number of ether oxygens (including phenoxy) is 2. The second-order valence-corrected chi connectivity index (χ2v) is 6.85. The average Bonchev–Trinajstić information content (AvgIpc) is 2.93. The monoisotopic (exact) mass is 423 g/mol. The van der Waals surface area contributed by atoms with E-state index in [-0.39, 0.29) is 16.7 Å². The number of benzene rings is 2. The van der Waals surface area contributed by atoms with Crippen LogP contribution < -0.4 is 15.2 Å². The smallest absolute Gasteiger partial charge is 0.387 e. The molecule has 2 aromatic carbocycles. The van der Waals surface area contributed by atoms with Crippen molar-refractivity contribution >= 4 is 23.5 Å². The van der Waals surface area contributed by atoms with E-state index in [4.69, 9.17) is 22.1 Å². The number of nitrogens with two attached hydrogens (primary N) is 1. The van der Waals surface area contributed by atoms with Gasteiger partial charge >= 0.3 is 6.61 Å². The van der Waals surface area contributed by atoms with Gasteiger partial charge in [-0.3, -0.25) is 9.69 Å². The molecule has 0 saturated heterocycles. The van der Waals surface area contributed by atoms with E-state index in [1.165, 1.54) is 30.1 Å². The summed E-state index contributed by atoms with van der Waals surface area (Å²) in [4.78, 5) is 18.9. The van der Waals surface area contributed by atoms with Gasteiger partial charge in [-0.25, -0.2) is 4.99 Å². The lowest BCUT2D eigenvalue weighted by atomic mass is 9.82. The number of nitrogens with zero attached hydrogens (tertiary/aromatic N) is 2. The number of alkyl halides is 2. The first-order valence-electron chi connectivity index (χ1n) is 8.91. The van der Waals surface area contributed by atoms with Crippen molar-refractivity contribution in [3.05, 3.63) is 58.6 Å². The third-order valence-corrected chi connectivity index (χ3v) is 4.83. The Labute approximate surface area is 171 Å². The van der Waals surface area contributed by atoms with E-state index in [1.807, 2.05) is 6.92 Å². The fraction of sp³-hybridized carbons (Fsp3) is 0.300. The normalized spacial score (nSPS) is 18.9. The van der Waals surface area contributed by atoms with Crippen molar-refractivity contribution in [2.75, 3.05) is 13.7 Å². The maximum absolute atomic E-state index is 13.2. The summed E-state index contributed by atoms with van der Waals surface area (Å²) in [7, 11) is 1.51. The predicted molar refractivity (Wildman–Crippen MR) is 105 cm³/mol. The summed E-state index contributed by atoms with van der Waals surface area (Å²) in [6.45, 7) is -0.523. The largest absolute Gasteiger partial charge is 0.494 e. The third kappa shape index (κ3) is 3.85. The molecule has 1 aliphatic heterocycles. The second-order valence-electron chi connectivity index (χ2n) is 6.44. The lowest BCUT2D eigenvalue weighted by molar-refractivity contribution is -0.129. The van der Waals surface area contributed by atoms with Crippen LogP contribution in [0.2, 0.25) is 5.02 Å². The van der Waals surface area contributed by atoms with E-state index in [2.05, 4.69) is 9.73 Å². The van der Waals surface area contributed by atoms with Gasteiger partial charge in [0.2, 0.25) is 0 Å². The molecule has 0 aromatic heterocycles. The topological polar surface area (TPSA) is 77.2 Å². The Balaban J connectivity index is 2.15. The van der Waals surface area contributed by atoms with Gasteiger partial charge in [0.25, 0.3) is 5.91 Å². The molecule has 2 aromatic rings. The van der Waals surface area contributed by atoms with Gasteiger partial charge < -0.3 is 15.2 Å². The van der Waals surface area contributed by atoms with Gasteiger partial charge in [-0.15, -0.1) is 0 Å². The zero-order valence-electron chi connectivity index (χ0n) is 15.9. The number of hydrogen-bond acceptors (Lipinski definition) is 5. The zero-order chi connectivity index (χ0) is 21.2. The molecular formula is C20H20ClF2N3O3. The highest BCUT2D eigenvalue weighted by atomic mass is 35.5. The van der Waals surface area contributed by atoms with Crippen molar-refractivity contribution in [1.29, 1.82) is 0 Å². The molecule has 1 heterocycles. The molecule has 9 heteroatoms. The molecule has 1 atom stereocenters. The Kier molecular flexibility index (Phi) is 5.93. The summed E-state index contributed by atoms with van der Waals surface area (Å²) >= 11 is 6.13. The van der Waals surface area contributed by atoms with Crippen molar-refractivity contribution in [3.63, 3.8) is 0 Å². The van der Waals surface area contributed by atoms with Crippen LogP contribution in [0.25, 0.3) is 0 Å². The highest BCUT2D eigenvalue weighted by Gasteiger charge is 2.49. The summed E-state index contributed by atoms with van der Waals surface area (Å²) in [5.74, 6) is 0.0000870. The number of halogens is 3. The second kappa shape index (κ2) is 8.24. The average molecular weight is 424 g/mol. The molecule has 0 spiro atoms. The Morgan fingerprint density at radius 1 is 1.24 bits per heavy atom. The van der Waals surface area contributed by atoms with E-state index < -0.39 is 18.1 Å². The fourth-order valence-corrected chi connectivity index (χ4v) is 3.36. The Morgan fingerprint density at radius 3 is 2.55 bits per heavy atom. The van der Waals surface area contributed by atoms with Crippen LogP contribution in [0.4, 0.5) is 8.78 Å². The summed E-state index contributed by atoms with van der Waals surface area (Å²) in [5.41, 5.74) is 5.31. The van der Waals surface area contributed by atoms with Crippen LogP contribution in [0.5, 0.6) is 11.5 Å². The van der Waals surface area contributed by atoms with Gasteiger partial charge in [-0.05, 0) is 41.8 Å². The summed E-state index contributed by atoms with van der Waals surface area (Å²) in [6, 6.07) is 11.1. The SMILES string of the molecule is CCCOc1cccc(C2(c3ccc(OC(F)F)c(Cl)c3)N=C(N)N(C)C2=O)c1. The number of carbonyl (C=O) groups excluding carboxylic acids is 1. The number of hydrogen-bond donors (Lipinski definition) is 1. The zero-order valence-corrected chi connectivity index (χ0v) is 16.6. The van der Waals surface area contributed by atoms with Crippen molar-refractivity contribution in [1.82, 2.24) is 4.90 Å². The predicted octanol–water partition coefficient (Wildman–Crippen LogP) is 3.76. The van der Waals surface area contributed by atoms with Crippen LogP contribution >= 0.6 is 11.6 Å². The van der Waals surface area contributed by atoms with Gasteiger partial charge in [0.15, 0.2) is 11.5 Å². The molecule has 0 aliphatic carbocycles. The minimum Gasteiger partial charge on any atom is -0.494 e. The molecule has 3 rings (SSSR count). The van der Waals surface area contributed by atoms with Crippen LogP contribution in [-0.2, 0) is 10.3 Å². The molecule has 2 N–H and O–H groups in total. The maximum atomic E-state index is 13.2. The van der Waals surface area contributed by atoms with Crippen LogP contribution in [0, 0.1) is 0 Å².